The molecule has 0 saturated heterocycles. The summed E-state index contributed by atoms with van der Waals surface area (Å²) in [6.45, 7) is 3.44. The van der Waals surface area contributed by atoms with Crippen molar-refractivity contribution < 1.29 is 14.7 Å². The summed E-state index contributed by atoms with van der Waals surface area (Å²) in [6, 6.07) is 4.02. The molecule has 0 radical (unpaired) electrons. The molecule has 6 heteroatoms. The van der Waals surface area contributed by atoms with Crippen molar-refractivity contribution in [2.45, 2.75) is 12.5 Å². The number of hydrogen-bond acceptors (Lipinski definition) is 2. The number of hydrogen-bond donors (Lipinski definition) is 2. The van der Waals surface area contributed by atoms with Crippen LogP contribution < -0.4 is 5.32 Å². The lowest BCUT2D eigenvalue weighted by Gasteiger charge is -2.10. The summed E-state index contributed by atoms with van der Waals surface area (Å²) in [7, 11) is 0. The van der Waals surface area contributed by atoms with Gasteiger partial charge in [0.25, 0.3) is 0 Å². The van der Waals surface area contributed by atoms with Gasteiger partial charge < -0.3 is 10.4 Å². The Labute approximate surface area is 126 Å². The highest BCUT2D eigenvalue weighted by atomic mass is 35.5. The predicted molar refractivity (Wildman–Crippen MR) is 79.9 cm³/mol. The molecule has 0 saturated carbocycles. The number of rotatable bonds is 6. The summed E-state index contributed by atoms with van der Waals surface area (Å²) in [5.41, 5.74) is 0.574. The van der Waals surface area contributed by atoms with Crippen molar-refractivity contribution in [3.8, 4) is 0 Å². The van der Waals surface area contributed by atoms with Gasteiger partial charge in [0, 0.05) is 6.08 Å². The number of carbonyl (C=O) groups is 2. The van der Waals surface area contributed by atoms with Crippen molar-refractivity contribution >= 4 is 41.2 Å². The van der Waals surface area contributed by atoms with Gasteiger partial charge in [-0.2, -0.15) is 0 Å². The van der Waals surface area contributed by atoms with Gasteiger partial charge in [-0.1, -0.05) is 41.4 Å². The lowest BCUT2D eigenvalue weighted by Crippen LogP contribution is -2.39. The average Bonchev–Trinajstić information content (AvgIpc) is 2.40. The Kier molecular flexibility index (Phi) is 6.28. The molecule has 20 heavy (non-hydrogen) atoms. The van der Waals surface area contributed by atoms with E-state index in [-0.39, 0.29) is 6.42 Å². The summed E-state index contributed by atoms with van der Waals surface area (Å²) in [4.78, 5) is 22.5. The molecule has 4 nitrogen and oxygen atoms in total. The molecule has 0 aliphatic rings. The number of carboxylic acid groups (broad SMARTS) is 1. The van der Waals surface area contributed by atoms with Crippen LogP contribution >= 0.6 is 23.2 Å². The zero-order chi connectivity index (χ0) is 15.1. The maximum absolute atomic E-state index is 11.6. The van der Waals surface area contributed by atoms with Gasteiger partial charge in [0.05, 0.1) is 10.0 Å². The molecule has 0 bridgehead atoms. The Morgan fingerprint density at radius 3 is 2.70 bits per heavy atom. The molecular weight excluding hydrogens is 301 g/mol. The van der Waals surface area contributed by atoms with Gasteiger partial charge in [-0.05, 0) is 24.1 Å². The number of amides is 1. The molecule has 1 atom stereocenters. The minimum absolute atomic E-state index is 0.146. The van der Waals surface area contributed by atoms with Crippen molar-refractivity contribution in [1.82, 2.24) is 5.32 Å². The topological polar surface area (TPSA) is 66.4 Å². The smallest absolute Gasteiger partial charge is 0.326 e. The Morgan fingerprint density at radius 1 is 1.40 bits per heavy atom. The Bertz CT molecular complexity index is 555. The summed E-state index contributed by atoms with van der Waals surface area (Å²) < 4.78 is 0. The van der Waals surface area contributed by atoms with Crippen LogP contribution in [0.5, 0.6) is 0 Å². The van der Waals surface area contributed by atoms with Crippen LogP contribution in [0.2, 0.25) is 10.0 Å². The van der Waals surface area contributed by atoms with Gasteiger partial charge in [-0.15, -0.1) is 6.58 Å². The molecule has 0 aliphatic heterocycles. The lowest BCUT2D eigenvalue weighted by molar-refractivity contribution is -0.141. The first-order valence-corrected chi connectivity index (χ1v) is 6.47. The maximum atomic E-state index is 11.6. The van der Waals surface area contributed by atoms with Gasteiger partial charge in [0.1, 0.15) is 6.04 Å². The van der Waals surface area contributed by atoms with E-state index < -0.39 is 17.9 Å². The molecule has 1 aromatic carbocycles. The van der Waals surface area contributed by atoms with Crippen LogP contribution in [-0.4, -0.2) is 23.0 Å². The fourth-order valence-electron chi connectivity index (χ4n) is 1.42. The van der Waals surface area contributed by atoms with Gasteiger partial charge in [0.2, 0.25) is 5.91 Å². The maximum Gasteiger partial charge on any atom is 0.326 e. The first-order valence-electron chi connectivity index (χ1n) is 5.72. The van der Waals surface area contributed by atoms with E-state index in [1.54, 1.807) is 18.2 Å². The van der Waals surface area contributed by atoms with E-state index in [0.29, 0.717) is 15.6 Å². The van der Waals surface area contributed by atoms with E-state index in [9.17, 15) is 9.59 Å². The fraction of sp³-hybridized carbons (Fsp3) is 0.143. The summed E-state index contributed by atoms with van der Waals surface area (Å²) in [6.07, 6.45) is 4.25. The molecule has 106 valence electrons. The fourth-order valence-corrected chi connectivity index (χ4v) is 1.79. The van der Waals surface area contributed by atoms with Crippen LogP contribution in [0, 0.1) is 0 Å². The van der Waals surface area contributed by atoms with Crippen molar-refractivity contribution in [1.29, 1.82) is 0 Å². The van der Waals surface area contributed by atoms with E-state index in [1.807, 2.05) is 0 Å². The van der Waals surface area contributed by atoms with Crippen molar-refractivity contribution in [3.05, 3.63) is 52.5 Å². The van der Waals surface area contributed by atoms with E-state index in [1.165, 1.54) is 18.2 Å². The molecule has 0 aromatic heterocycles. The van der Waals surface area contributed by atoms with Crippen LogP contribution in [0.3, 0.4) is 0 Å². The van der Waals surface area contributed by atoms with E-state index in [0.717, 1.165) is 0 Å². The monoisotopic (exact) mass is 313 g/mol. The minimum atomic E-state index is -1.12. The van der Waals surface area contributed by atoms with Crippen LogP contribution in [-0.2, 0) is 9.59 Å². The van der Waals surface area contributed by atoms with Gasteiger partial charge >= 0.3 is 5.97 Å². The quantitative estimate of drug-likeness (QED) is 0.626. The zero-order valence-corrected chi connectivity index (χ0v) is 12.0. The number of benzene rings is 1. The number of carbonyl (C=O) groups excluding carboxylic acids is 1. The highest BCUT2D eigenvalue weighted by Crippen LogP contribution is 2.26. The van der Waals surface area contributed by atoms with E-state index >= 15 is 0 Å². The first kappa shape index (κ1) is 16.3. The molecule has 0 fully saturated rings. The normalized spacial score (nSPS) is 12.1. The molecule has 1 rings (SSSR count). The average molecular weight is 314 g/mol. The van der Waals surface area contributed by atoms with E-state index in [2.05, 4.69) is 11.9 Å². The van der Waals surface area contributed by atoms with Gasteiger partial charge in [-0.25, -0.2) is 4.79 Å². The molecule has 1 amide bonds. The Morgan fingerprint density at radius 2 is 2.10 bits per heavy atom. The third kappa shape index (κ3) is 4.72. The third-order valence-corrected chi connectivity index (χ3v) is 3.25. The molecule has 1 aromatic rings. The zero-order valence-electron chi connectivity index (χ0n) is 10.5. The van der Waals surface area contributed by atoms with Gasteiger partial charge in [-0.3, -0.25) is 4.79 Å². The SMILES string of the molecule is C=CCC(NC(=O)/C=C/c1cccc(Cl)c1Cl)C(=O)O. The molecule has 0 heterocycles. The second-order valence-electron chi connectivity index (χ2n) is 3.90. The molecule has 2 N–H and O–H groups in total. The number of halogens is 2. The number of nitrogens with one attached hydrogen (secondary N) is 1. The summed E-state index contributed by atoms with van der Waals surface area (Å²) >= 11 is 11.8. The van der Waals surface area contributed by atoms with Crippen LogP contribution in [0.1, 0.15) is 12.0 Å². The third-order valence-electron chi connectivity index (χ3n) is 2.41. The second kappa shape index (κ2) is 7.72. The second-order valence-corrected chi connectivity index (χ2v) is 4.69. The highest BCUT2D eigenvalue weighted by molar-refractivity contribution is 6.42. The molecule has 0 spiro atoms. The standard InChI is InChI=1S/C14H13Cl2NO3/c1-2-4-11(14(19)20)17-12(18)8-7-9-5-3-6-10(15)13(9)16/h2-3,5-8,11H,1,4H2,(H,17,18)(H,19,20)/b8-7+. The minimum Gasteiger partial charge on any atom is -0.480 e. The van der Waals surface area contributed by atoms with Crippen LogP contribution in [0.25, 0.3) is 6.08 Å². The van der Waals surface area contributed by atoms with Crippen molar-refractivity contribution in [3.63, 3.8) is 0 Å². The van der Waals surface area contributed by atoms with Crippen molar-refractivity contribution in [2.24, 2.45) is 0 Å². The Hall–Kier alpha value is -1.78. The predicted octanol–water partition coefficient (Wildman–Crippen LogP) is 3.15. The highest BCUT2D eigenvalue weighted by Gasteiger charge is 2.16. The molecular formula is C14H13Cl2NO3. The molecule has 0 aliphatic carbocycles. The van der Waals surface area contributed by atoms with E-state index in [4.69, 9.17) is 28.3 Å². The summed E-state index contributed by atoms with van der Waals surface area (Å²) in [5, 5.41) is 12.0. The van der Waals surface area contributed by atoms with Crippen molar-refractivity contribution in [2.75, 3.05) is 0 Å². The summed E-state index contributed by atoms with van der Waals surface area (Å²) in [5.74, 6) is -1.65. The number of aliphatic carboxylic acids is 1. The lowest BCUT2D eigenvalue weighted by atomic mass is 10.2. The number of carboxylic acids is 1. The van der Waals surface area contributed by atoms with Gasteiger partial charge in [0.15, 0.2) is 0 Å². The first-order chi connectivity index (χ1) is 9.45. The van der Waals surface area contributed by atoms with Crippen LogP contribution in [0.15, 0.2) is 36.9 Å². The molecule has 1 unspecified atom stereocenters. The Balaban J connectivity index is 2.74. The largest absolute Gasteiger partial charge is 0.480 e. The van der Waals surface area contributed by atoms with Crippen LogP contribution in [0.4, 0.5) is 0 Å².